The smallest absolute Gasteiger partial charge is 0.390 e. The summed E-state index contributed by atoms with van der Waals surface area (Å²) < 4.78 is 43.9. The largest absolute Gasteiger partial charge is 0.417 e. The van der Waals surface area contributed by atoms with Gasteiger partial charge in [0, 0.05) is 86.2 Å². The molecular formula is C34H42F3N7OS. The van der Waals surface area contributed by atoms with E-state index in [1.807, 2.05) is 28.9 Å². The lowest BCUT2D eigenvalue weighted by molar-refractivity contribution is -0.139. The lowest BCUT2D eigenvalue weighted by Crippen LogP contribution is -2.49. The number of anilines is 1. The summed E-state index contributed by atoms with van der Waals surface area (Å²) in [4.78, 5) is 7.04. The zero-order chi connectivity index (χ0) is 32.1. The number of benzene rings is 2. The highest BCUT2D eigenvalue weighted by molar-refractivity contribution is 7.99. The van der Waals surface area contributed by atoms with Gasteiger partial charge in [0.05, 0.1) is 35.2 Å². The molecule has 0 amide bonds. The lowest BCUT2D eigenvalue weighted by Gasteiger charge is -2.37. The third-order valence-corrected chi connectivity index (χ3v) is 10.3. The summed E-state index contributed by atoms with van der Waals surface area (Å²) >= 11 is 1.27. The van der Waals surface area contributed by atoms with Crippen molar-refractivity contribution in [3.05, 3.63) is 64.8 Å². The number of nitriles is 1. The lowest BCUT2D eigenvalue weighted by atomic mass is 10.0. The van der Waals surface area contributed by atoms with Crippen molar-refractivity contribution in [2.24, 2.45) is 0 Å². The quantitative estimate of drug-likeness (QED) is 0.301. The molecule has 1 atom stereocenters. The Balaban J connectivity index is 1.14. The molecule has 0 spiro atoms. The number of para-hydroxylation sites is 1. The molecule has 1 unspecified atom stereocenters. The number of piperidine rings is 1. The van der Waals surface area contributed by atoms with Gasteiger partial charge < -0.3 is 20.2 Å². The van der Waals surface area contributed by atoms with Crippen molar-refractivity contribution >= 4 is 17.4 Å². The predicted octanol–water partition coefficient (Wildman–Crippen LogP) is 4.85. The van der Waals surface area contributed by atoms with Gasteiger partial charge in [0.25, 0.3) is 0 Å². The minimum atomic E-state index is -4.43. The van der Waals surface area contributed by atoms with Crippen LogP contribution in [0.5, 0.6) is 0 Å². The molecule has 0 saturated carbocycles. The normalized spacial score (nSPS) is 18.7. The van der Waals surface area contributed by atoms with Gasteiger partial charge in [0.15, 0.2) is 0 Å². The molecule has 0 bridgehead atoms. The Morgan fingerprint density at radius 3 is 2.52 bits per heavy atom. The first-order valence-electron chi connectivity index (χ1n) is 16.3. The Kier molecular flexibility index (Phi) is 10.6. The topological polar surface area (TPSA) is 83.6 Å². The van der Waals surface area contributed by atoms with Crippen molar-refractivity contribution in [1.82, 2.24) is 24.9 Å². The van der Waals surface area contributed by atoms with E-state index in [9.17, 15) is 23.5 Å². The number of nitrogens with zero attached hydrogens (tertiary/aromatic N) is 6. The van der Waals surface area contributed by atoms with Gasteiger partial charge in [0.1, 0.15) is 6.07 Å². The van der Waals surface area contributed by atoms with E-state index in [1.54, 1.807) is 12.1 Å². The minimum Gasteiger partial charge on any atom is -0.390 e. The van der Waals surface area contributed by atoms with Crippen LogP contribution in [0.15, 0.2) is 47.4 Å². The van der Waals surface area contributed by atoms with E-state index in [-0.39, 0.29) is 4.90 Å². The SMILES string of the molecule is N#Cc1ccccc1N1CCN(CC(O)Cn2nc(-c3ccc(C(F)(F)F)c(SCCN4CCCCC4)c3)c3c2CCNC3)CC1. The van der Waals surface area contributed by atoms with E-state index in [4.69, 9.17) is 5.10 Å². The van der Waals surface area contributed by atoms with Crippen LogP contribution in [0.25, 0.3) is 11.3 Å². The Bertz CT molecular complexity index is 1520. The molecule has 0 aliphatic carbocycles. The molecule has 12 heteroatoms. The molecule has 4 heterocycles. The molecule has 6 rings (SSSR count). The summed E-state index contributed by atoms with van der Waals surface area (Å²) in [5, 5.41) is 28.9. The number of fused-ring (bicyclic) bond motifs is 1. The van der Waals surface area contributed by atoms with E-state index in [0.717, 1.165) is 88.6 Å². The second kappa shape index (κ2) is 14.8. The molecule has 246 valence electrons. The van der Waals surface area contributed by atoms with Gasteiger partial charge in [0.2, 0.25) is 0 Å². The number of halogens is 3. The van der Waals surface area contributed by atoms with E-state index in [2.05, 4.69) is 26.1 Å². The highest BCUT2D eigenvalue weighted by Crippen LogP contribution is 2.40. The highest BCUT2D eigenvalue weighted by atomic mass is 32.2. The van der Waals surface area contributed by atoms with E-state index >= 15 is 0 Å². The summed E-state index contributed by atoms with van der Waals surface area (Å²) in [5.41, 5.74) is 4.40. The summed E-state index contributed by atoms with van der Waals surface area (Å²) in [7, 11) is 0. The first kappa shape index (κ1) is 32.8. The third-order valence-electron chi connectivity index (χ3n) is 9.27. The first-order chi connectivity index (χ1) is 22.3. The Morgan fingerprint density at radius 1 is 0.978 bits per heavy atom. The minimum absolute atomic E-state index is 0.241. The van der Waals surface area contributed by atoms with Crippen molar-refractivity contribution in [2.75, 3.05) is 69.6 Å². The maximum absolute atomic E-state index is 14.0. The van der Waals surface area contributed by atoms with Crippen molar-refractivity contribution in [1.29, 1.82) is 5.26 Å². The van der Waals surface area contributed by atoms with Crippen molar-refractivity contribution in [3.8, 4) is 17.3 Å². The van der Waals surface area contributed by atoms with Crippen LogP contribution in [0.1, 0.15) is 41.6 Å². The van der Waals surface area contributed by atoms with Crippen LogP contribution in [-0.2, 0) is 25.7 Å². The maximum atomic E-state index is 14.0. The van der Waals surface area contributed by atoms with Crippen LogP contribution in [0.3, 0.4) is 0 Å². The van der Waals surface area contributed by atoms with Gasteiger partial charge >= 0.3 is 6.18 Å². The fraction of sp³-hybridized carbons (Fsp3) is 0.529. The van der Waals surface area contributed by atoms with E-state index < -0.39 is 17.8 Å². The Hall–Kier alpha value is -3.08. The van der Waals surface area contributed by atoms with Gasteiger partial charge in [-0.2, -0.15) is 23.5 Å². The molecule has 2 fully saturated rings. The van der Waals surface area contributed by atoms with E-state index in [1.165, 1.54) is 24.2 Å². The summed E-state index contributed by atoms with van der Waals surface area (Å²) in [6, 6.07) is 14.3. The standard InChI is InChI=1S/C34H42F3N7OS/c35-34(36,37)29-9-8-25(20-32(29)46-19-18-41-12-4-1-5-13-41)33-28-22-39-11-10-31(28)44(40-33)24-27(45)23-42-14-16-43(17-15-42)30-7-3-2-6-26(30)21-38/h2-3,6-9,20,27,39,45H,1,4-5,10-19,22-24H2. The highest BCUT2D eigenvalue weighted by Gasteiger charge is 2.34. The number of rotatable bonds is 10. The van der Waals surface area contributed by atoms with Crippen molar-refractivity contribution in [3.63, 3.8) is 0 Å². The number of hydrogen-bond donors (Lipinski definition) is 2. The average molecular weight is 654 g/mol. The summed E-state index contributed by atoms with van der Waals surface area (Å²) in [6.07, 6.45) is -0.814. The molecule has 3 aliphatic rings. The summed E-state index contributed by atoms with van der Waals surface area (Å²) in [6.45, 7) is 8.07. The molecule has 0 radical (unpaired) electrons. The third kappa shape index (κ3) is 7.72. The van der Waals surface area contributed by atoms with Crippen LogP contribution in [0.4, 0.5) is 18.9 Å². The van der Waals surface area contributed by atoms with Gasteiger partial charge in [-0.05, 0) is 50.2 Å². The van der Waals surface area contributed by atoms with Crippen LogP contribution in [0, 0.1) is 11.3 Å². The number of nitrogens with one attached hydrogen (secondary N) is 1. The predicted molar refractivity (Wildman–Crippen MR) is 175 cm³/mol. The fourth-order valence-corrected chi connectivity index (χ4v) is 7.98. The number of piperazine rings is 1. The molecule has 2 saturated heterocycles. The maximum Gasteiger partial charge on any atom is 0.417 e. The number of thioether (sulfide) groups is 1. The number of aromatic nitrogens is 2. The number of aliphatic hydroxyl groups is 1. The number of β-amino-alcohol motifs (C(OH)–C–C–N with tert-alkyl or cyclic N) is 1. The summed E-state index contributed by atoms with van der Waals surface area (Å²) in [5.74, 6) is 0.603. The Morgan fingerprint density at radius 2 is 1.76 bits per heavy atom. The van der Waals surface area contributed by atoms with Gasteiger partial charge in [-0.25, -0.2) is 0 Å². The molecule has 8 nitrogen and oxygen atoms in total. The molecule has 3 aliphatic heterocycles. The second-order valence-corrected chi connectivity index (χ2v) is 13.5. The van der Waals surface area contributed by atoms with Crippen LogP contribution in [-0.4, -0.2) is 95.4 Å². The molecule has 46 heavy (non-hydrogen) atoms. The van der Waals surface area contributed by atoms with Crippen LogP contribution >= 0.6 is 11.8 Å². The molecule has 3 aromatic rings. The molecule has 2 N–H and O–H groups in total. The van der Waals surface area contributed by atoms with Crippen LogP contribution < -0.4 is 10.2 Å². The fourth-order valence-electron chi connectivity index (χ4n) is 6.86. The van der Waals surface area contributed by atoms with Gasteiger partial charge in [-0.3, -0.25) is 9.58 Å². The monoisotopic (exact) mass is 653 g/mol. The van der Waals surface area contributed by atoms with Gasteiger partial charge in [-0.15, -0.1) is 11.8 Å². The van der Waals surface area contributed by atoms with Crippen molar-refractivity contribution < 1.29 is 18.3 Å². The molecule has 1 aromatic heterocycles. The second-order valence-electron chi connectivity index (χ2n) is 12.4. The molecule has 2 aromatic carbocycles. The van der Waals surface area contributed by atoms with E-state index in [0.29, 0.717) is 42.2 Å². The van der Waals surface area contributed by atoms with Gasteiger partial charge in [-0.1, -0.05) is 24.6 Å². The van der Waals surface area contributed by atoms with Crippen molar-refractivity contribution in [2.45, 2.75) is 55.9 Å². The van der Waals surface area contributed by atoms with Crippen LogP contribution in [0.2, 0.25) is 0 Å². The number of alkyl halides is 3. The first-order valence-corrected chi connectivity index (χ1v) is 17.3. The average Bonchev–Trinajstić information content (AvgIpc) is 3.43. The zero-order valence-corrected chi connectivity index (χ0v) is 26.9. The number of hydrogen-bond acceptors (Lipinski definition) is 8. The Labute approximate surface area is 273 Å². The molecular weight excluding hydrogens is 611 g/mol. The number of aliphatic hydroxyl groups excluding tert-OH is 1. The zero-order valence-electron chi connectivity index (χ0n) is 26.1. The number of likely N-dealkylation sites (tertiary alicyclic amines) is 1.